The molecule has 2 aromatic rings. The Hall–Kier alpha value is -2.53. The van der Waals surface area contributed by atoms with E-state index in [1.165, 1.54) is 5.69 Å². The van der Waals surface area contributed by atoms with Crippen molar-refractivity contribution in [3.05, 3.63) is 60.2 Å². The second-order valence-electron chi connectivity index (χ2n) is 6.45. The third kappa shape index (κ3) is 4.97. The predicted molar refractivity (Wildman–Crippen MR) is 101 cm³/mol. The molecule has 25 heavy (non-hydrogen) atoms. The first-order chi connectivity index (χ1) is 12.2. The monoisotopic (exact) mass is 339 g/mol. The van der Waals surface area contributed by atoms with Crippen LogP contribution in [0.2, 0.25) is 0 Å². The lowest BCUT2D eigenvalue weighted by atomic mass is 9.97. The van der Waals surface area contributed by atoms with Crippen molar-refractivity contribution in [2.75, 3.05) is 29.9 Å². The number of piperidine rings is 1. The number of rotatable bonds is 5. The van der Waals surface area contributed by atoms with E-state index in [9.17, 15) is 9.90 Å². The standard InChI is InChI=1S/C20H25N3O2/c24-15-17-10-12-23(13-11-17)19-8-6-16(7-9-19)14-21-20(25)22-18-4-2-1-3-5-18/h1-9,17,24H,10-15H2,(H2,21,22,25). The summed E-state index contributed by atoms with van der Waals surface area (Å²) in [7, 11) is 0. The van der Waals surface area contributed by atoms with Crippen LogP contribution in [-0.4, -0.2) is 30.8 Å². The number of hydrogen-bond donors (Lipinski definition) is 3. The van der Waals surface area contributed by atoms with Crippen LogP contribution in [-0.2, 0) is 6.54 Å². The summed E-state index contributed by atoms with van der Waals surface area (Å²) in [5, 5.41) is 14.9. The molecule has 3 N–H and O–H groups in total. The molecule has 5 nitrogen and oxygen atoms in total. The number of aliphatic hydroxyl groups excluding tert-OH is 1. The van der Waals surface area contributed by atoms with Gasteiger partial charge in [0.15, 0.2) is 0 Å². The van der Waals surface area contributed by atoms with Crippen LogP contribution in [0.1, 0.15) is 18.4 Å². The van der Waals surface area contributed by atoms with Crippen LogP contribution >= 0.6 is 0 Å². The fourth-order valence-electron chi connectivity index (χ4n) is 3.08. The average Bonchev–Trinajstić information content (AvgIpc) is 2.68. The molecular formula is C20H25N3O2. The van der Waals surface area contributed by atoms with Crippen molar-refractivity contribution in [1.82, 2.24) is 5.32 Å². The first kappa shape index (κ1) is 17.3. The second kappa shape index (κ2) is 8.53. The van der Waals surface area contributed by atoms with Gasteiger partial charge >= 0.3 is 6.03 Å². The van der Waals surface area contributed by atoms with Crippen molar-refractivity contribution in [2.24, 2.45) is 5.92 Å². The predicted octanol–water partition coefficient (Wildman–Crippen LogP) is 3.22. The zero-order valence-corrected chi connectivity index (χ0v) is 14.3. The van der Waals surface area contributed by atoms with E-state index >= 15 is 0 Å². The highest BCUT2D eigenvalue weighted by atomic mass is 16.3. The lowest BCUT2D eigenvalue weighted by molar-refractivity contribution is 0.203. The van der Waals surface area contributed by atoms with Gasteiger partial charge in [-0.2, -0.15) is 0 Å². The van der Waals surface area contributed by atoms with Crippen molar-refractivity contribution < 1.29 is 9.90 Å². The fraction of sp³-hybridized carbons (Fsp3) is 0.350. The Morgan fingerprint density at radius 2 is 1.72 bits per heavy atom. The Kier molecular flexibility index (Phi) is 5.90. The van der Waals surface area contributed by atoms with Crippen LogP contribution in [0, 0.1) is 5.92 Å². The van der Waals surface area contributed by atoms with Gasteiger partial charge in [0.1, 0.15) is 0 Å². The number of carbonyl (C=O) groups excluding carboxylic acids is 1. The Labute approximate surface area is 148 Å². The third-order valence-corrected chi connectivity index (χ3v) is 4.66. The zero-order valence-electron chi connectivity index (χ0n) is 14.3. The molecule has 0 aromatic heterocycles. The molecule has 0 atom stereocenters. The molecule has 1 saturated heterocycles. The third-order valence-electron chi connectivity index (χ3n) is 4.66. The lowest BCUT2D eigenvalue weighted by Crippen LogP contribution is -2.34. The van der Waals surface area contributed by atoms with Gasteiger partial charge in [-0.05, 0) is 48.6 Å². The fourth-order valence-corrected chi connectivity index (χ4v) is 3.08. The number of amides is 2. The summed E-state index contributed by atoms with van der Waals surface area (Å²) in [5.74, 6) is 0.447. The Morgan fingerprint density at radius 3 is 2.36 bits per heavy atom. The maximum Gasteiger partial charge on any atom is 0.319 e. The van der Waals surface area contributed by atoms with Crippen molar-refractivity contribution >= 4 is 17.4 Å². The van der Waals surface area contributed by atoms with E-state index in [1.54, 1.807) is 0 Å². The molecule has 1 aliphatic rings. The van der Waals surface area contributed by atoms with Gasteiger partial charge in [-0.15, -0.1) is 0 Å². The van der Waals surface area contributed by atoms with E-state index < -0.39 is 0 Å². The van der Waals surface area contributed by atoms with Gasteiger partial charge in [-0.25, -0.2) is 4.79 Å². The number of para-hydroxylation sites is 1. The minimum atomic E-state index is -0.207. The molecule has 0 aliphatic carbocycles. The van der Waals surface area contributed by atoms with E-state index in [0.29, 0.717) is 19.1 Å². The van der Waals surface area contributed by atoms with Crippen LogP contribution in [0.3, 0.4) is 0 Å². The number of benzene rings is 2. The van der Waals surface area contributed by atoms with E-state index in [1.807, 2.05) is 30.3 Å². The first-order valence-corrected chi connectivity index (χ1v) is 8.79. The molecule has 2 aromatic carbocycles. The summed E-state index contributed by atoms with van der Waals surface area (Å²) >= 11 is 0. The number of aliphatic hydroxyl groups is 1. The number of nitrogens with one attached hydrogen (secondary N) is 2. The summed E-state index contributed by atoms with van der Waals surface area (Å²) in [5.41, 5.74) is 3.05. The summed E-state index contributed by atoms with van der Waals surface area (Å²) < 4.78 is 0. The number of anilines is 2. The highest BCUT2D eigenvalue weighted by Crippen LogP contribution is 2.23. The topological polar surface area (TPSA) is 64.6 Å². The highest BCUT2D eigenvalue weighted by molar-refractivity contribution is 5.89. The van der Waals surface area contributed by atoms with Gasteiger partial charge in [0, 0.05) is 37.6 Å². The largest absolute Gasteiger partial charge is 0.396 e. The minimum absolute atomic E-state index is 0.207. The van der Waals surface area contributed by atoms with E-state index in [4.69, 9.17) is 0 Å². The summed E-state index contributed by atoms with van der Waals surface area (Å²) in [4.78, 5) is 14.3. The van der Waals surface area contributed by atoms with E-state index in [2.05, 4.69) is 39.8 Å². The molecule has 1 fully saturated rings. The minimum Gasteiger partial charge on any atom is -0.396 e. The molecule has 0 spiro atoms. The van der Waals surface area contributed by atoms with Gasteiger partial charge in [0.25, 0.3) is 0 Å². The van der Waals surface area contributed by atoms with Gasteiger partial charge in [-0.1, -0.05) is 30.3 Å². The Balaban J connectivity index is 1.47. The van der Waals surface area contributed by atoms with Crippen LogP contribution in [0.15, 0.2) is 54.6 Å². The molecule has 3 rings (SSSR count). The molecule has 0 saturated carbocycles. The molecule has 0 radical (unpaired) electrons. The van der Waals surface area contributed by atoms with Crippen LogP contribution < -0.4 is 15.5 Å². The van der Waals surface area contributed by atoms with Crippen molar-refractivity contribution in [3.8, 4) is 0 Å². The molecule has 132 valence electrons. The molecule has 1 heterocycles. The summed E-state index contributed by atoms with van der Waals surface area (Å²) in [6.45, 7) is 2.76. The molecule has 1 aliphatic heterocycles. The van der Waals surface area contributed by atoms with Crippen LogP contribution in [0.4, 0.5) is 16.2 Å². The van der Waals surface area contributed by atoms with Crippen molar-refractivity contribution in [3.63, 3.8) is 0 Å². The SMILES string of the molecule is O=C(NCc1ccc(N2CCC(CO)CC2)cc1)Nc1ccccc1. The Bertz CT molecular complexity index is 665. The van der Waals surface area contributed by atoms with Gasteiger partial charge in [0.2, 0.25) is 0 Å². The molecule has 2 amide bonds. The van der Waals surface area contributed by atoms with Gasteiger partial charge in [-0.3, -0.25) is 0 Å². The number of carbonyl (C=O) groups is 1. The van der Waals surface area contributed by atoms with Crippen LogP contribution in [0.25, 0.3) is 0 Å². The molecule has 5 heteroatoms. The van der Waals surface area contributed by atoms with Crippen LogP contribution in [0.5, 0.6) is 0 Å². The average molecular weight is 339 g/mol. The normalized spacial score (nSPS) is 15.0. The van der Waals surface area contributed by atoms with Crippen molar-refractivity contribution in [1.29, 1.82) is 0 Å². The molecule has 0 bridgehead atoms. The first-order valence-electron chi connectivity index (χ1n) is 8.79. The van der Waals surface area contributed by atoms with E-state index in [-0.39, 0.29) is 6.03 Å². The lowest BCUT2D eigenvalue weighted by Gasteiger charge is -2.33. The van der Waals surface area contributed by atoms with E-state index in [0.717, 1.165) is 37.2 Å². The maximum atomic E-state index is 11.9. The smallest absolute Gasteiger partial charge is 0.319 e. The number of hydrogen-bond acceptors (Lipinski definition) is 3. The summed E-state index contributed by atoms with van der Waals surface area (Å²) in [6.07, 6.45) is 2.08. The van der Waals surface area contributed by atoms with Gasteiger partial charge < -0.3 is 20.6 Å². The molecular weight excluding hydrogens is 314 g/mol. The summed E-state index contributed by atoms with van der Waals surface area (Å²) in [6, 6.07) is 17.5. The van der Waals surface area contributed by atoms with Gasteiger partial charge in [0.05, 0.1) is 0 Å². The highest BCUT2D eigenvalue weighted by Gasteiger charge is 2.18. The quantitative estimate of drug-likeness (QED) is 0.784. The Morgan fingerprint density at radius 1 is 1.04 bits per heavy atom. The molecule has 0 unspecified atom stereocenters. The maximum absolute atomic E-state index is 11.9. The van der Waals surface area contributed by atoms with Crippen molar-refractivity contribution in [2.45, 2.75) is 19.4 Å². The number of urea groups is 1. The second-order valence-corrected chi connectivity index (χ2v) is 6.45. The zero-order chi connectivity index (χ0) is 17.5. The number of nitrogens with zero attached hydrogens (tertiary/aromatic N) is 1.